The van der Waals surface area contributed by atoms with E-state index in [1.54, 1.807) is 13.8 Å². The van der Waals surface area contributed by atoms with Crippen LogP contribution in [0, 0.1) is 11.3 Å². The SMILES string of the molecule is B=BB=BB=BB=C(Sc1noc2c1[C@H](O)[C@]1(O)C(=O)c3c(c4c5c(c(OC)cc(OCCCC)c5c3OC)[C@@]3(C4)C(C)=CCCC3(C)C)C(=O)[C@@H]1C2)c1ccccc1. The number of hydrogen-bond acceptors (Lipinski definition) is 10. The van der Waals surface area contributed by atoms with E-state index >= 15 is 9.59 Å². The molecule has 4 atom stereocenters. The van der Waals surface area contributed by atoms with Crippen molar-refractivity contribution in [1.82, 2.24) is 5.16 Å². The summed E-state index contributed by atoms with van der Waals surface area (Å²) in [6.07, 6.45) is 4.24. The Morgan fingerprint density at radius 1 is 1.05 bits per heavy atom. The van der Waals surface area contributed by atoms with E-state index in [2.05, 4.69) is 46.3 Å². The van der Waals surface area contributed by atoms with Crippen molar-refractivity contribution in [3.8, 4) is 17.2 Å². The molecule has 0 aliphatic heterocycles. The van der Waals surface area contributed by atoms with Crippen molar-refractivity contribution in [3.05, 3.63) is 87.2 Å². The van der Waals surface area contributed by atoms with E-state index in [-0.39, 0.29) is 45.1 Å². The van der Waals surface area contributed by atoms with Gasteiger partial charge in [-0.05, 0) is 31.6 Å². The first-order valence-corrected chi connectivity index (χ1v) is 21.2. The molecule has 4 aliphatic rings. The monoisotopic (exact) mass is 799 g/mol. The third kappa shape index (κ3) is 6.38. The Bertz CT molecular complexity index is 2540. The summed E-state index contributed by atoms with van der Waals surface area (Å²) < 4.78 is 24.8. The first-order valence-electron chi connectivity index (χ1n) is 20.4. The van der Waals surface area contributed by atoms with Gasteiger partial charge in [0.1, 0.15) is 5.75 Å². The molecule has 1 spiro atoms. The van der Waals surface area contributed by atoms with Gasteiger partial charge < -0.3 is 4.74 Å². The molecule has 0 saturated carbocycles. The quantitative estimate of drug-likeness (QED) is 0.0917. The van der Waals surface area contributed by atoms with Crippen LogP contribution in [0.15, 0.2) is 57.6 Å². The number of methoxy groups -OCH3 is 2. The maximum absolute atomic E-state index is 15.4. The Morgan fingerprint density at radius 3 is 2.51 bits per heavy atom. The number of ether oxygens (including phenoxy) is 3. The molecule has 4 aromatic rings. The molecule has 292 valence electrons. The molecule has 3 aromatic carbocycles. The number of allylic oxidation sites excluding steroid dienone is 2. The number of benzene rings is 3. The van der Waals surface area contributed by atoms with E-state index in [0.29, 0.717) is 35.5 Å². The number of hydrogen-bond donors (Lipinski definition) is 2. The van der Waals surface area contributed by atoms with Crippen LogP contribution in [-0.4, -0.2) is 106 Å². The van der Waals surface area contributed by atoms with Gasteiger partial charge >= 0.3 is 261 Å². The molecule has 0 bridgehead atoms. The number of unbranched alkanes of at least 4 members (excludes halogenated alkanes) is 1. The van der Waals surface area contributed by atoms with Gasteiger partial charge in [-0.15, -0.1) is 0 Å². The second kappa shape index (κ2) is 16.2. The fourth-order valence-electron chi connectivity index (χ4n) is 10.2. The number of rotatable bonds is 12. The molecule has 0 fully saturated rings. The van der Waals surface area contributed by atoms with E-state index in [0.717, 1.165) is 47.0 Å². The third-order valence-corrected chi connectivity index (χ3v) is 14.3. The van der Waals surface area contributed by atoms with Crippen molar-refractivity contribution >= 4 is 86.5 Å². The number of thioether (sulfide) groups is 1. The van der Waals surface area contributed by atoms with Gasteiger partial charge in [0.2, 0.25) is 0 Å². The molecule has 1 aromatic heterocycles. The molecule has 17 heteroatoms. The van der Waals surface area contributed by atoms with E-state index in [9.17, 15) is 10.2 Å². The zero-order valence-electron chi connectivity index (χ0n) is 34.5. The second-order valence-corrected chi connectivity index (χ2v) is 17.6. The zero-order chi connectivity index (χ0) is 41.9. The van der Waals surface area contributed by atoms with E-state index in [4.69, 9.17) is 18.7 Å². The van der Waals surface area contributed by atoms with Gasteiger partial charge in [-0.3, -0.25) is 0 Å². The Hall–Kier alpha value is -3.80. The first kappa shape index (κ1) is 41.9. The standard InChI is InChI=1S/C42H44B7NO8S/c1-7-8-17-57-25-19-27(55-5)33-28-23(20-41(33)21(2)13-12-16-40(41,3)4)29-32(35(56-6)30(25)28)37(53)42(54)24(34(29)51)18-26-31(36(42)52)39(50-58-26)59-38(22-14-10-9-11-15-22)44-46-48-49-47-45-43/h9-11,13-15,19,24,36,43,52,54H,7-8,12,16-18,20H2,1-6H3/t24-,36-,41+,42-/m0/s1. The summed E-state index contributed by atoms with van der Waals surface area (Å²) in [5.74, 6) is -1.09. The number of nitrogens with zero attached hydrogens (tertiary/aromatic N) is 1. The summed E-state index contributed by atoms with van der Waals surface area (Å²) in [6, 6.07) is 11.6. The van der Waals surface area contributed by atoms with Crippen LogP contribution in [0.5, 0.6) is 17.2 Å². The van der Waals surface area contributed by atoms with Crippen molar-refractivity contribution in [2.24, 2.45) is 11.3 Å². The molecule has 4 aliphatic carbocycles. The van der Waals surface area contributed by atoms with E-state index in [1.807, 2.05) is 70.0 Å². The van der Waals surface area contributed by atoms with Crippen LogP contribution in [-0.2, 0) is 18.3 Å². The van der Waals surface area contributed by atoms with Crippen LogP contribution in [0.1, 0.15) is 108 Å². The molecule has 1 heterocycles. The van der Waals surface area contributed by atoms with Crippen molar-refractivity contribution in [3.63, 3.8) is 0 Å². The summed E-state index contributed by atoms with van der Waals surface area (Å²) in [6.45, 7) is 20.2. The van der Waals surface area contributed by atoms with Crippen molar-refractivity contribution in [1.29, 1.82) is 0 Å². The third-order valence-electron chi connectivity index (χ3n) is 13.2. The average molecular weight is 799 g/mol. The number of carbonyl (C=O) groups excluding carboxylic acids is 2. The Labute approximate surface area is 353 Å². The van der Waals surface area contributed by atoms with Crippen LogP contribution in [0.2, 0.25) is 0 Å². The predicted molar refractivity (Wildman–Crippen MR) is 240 cm³/mol. The first-order chi connectivity index (χ1) is 28.4. The van der Waals surface area contributed by atoms with Gasteiger partial charge in [0.15, 0.2) is 0 Å². The molecular formula is C42H44B7NO8S. The summed E-state index contributed by atoms with van der Waals surface area (Å²) in [4.78, 5) is 31.5. The second-order valence-electron chi connectivity index (χ2n) is 16.6. The number of aromatic nitrogens is 1. The van der Waals surface area contributed by atoms with Crippen LogP contribution >= 0.6 is 11.8 Å². The molecule has 0 saturated heterocycles. The average Bonchev–Trinajstić information content (AvgIpc) is 3.81. The fraction of sp³-hybridized carbons (Fsp3) is 0.429. The number of fused-ring (bicyclic) bond motifs is 5. The summed E-state index contributed by atoms with van der Waals surface area (Å²) in [5.41, 5.74) is 0.662. The van der Waals surface area contributed by atoms with Gasteiger partial charge in [0.25, 0.3) is 0 Å². The van der Waals surface area contributed by atoms with Crippen molar-refractivity contribution < 1.29 is 38.5 Å². The van der Waals surface area contributed by atoms with Crippen molar-refractivity contribution in [2.75, 3.05) is 20.8 Å². The van der Waals surface area contributed by atoms with E-state index in [1.165, 1.54) is 24.4 Å². The van der Waals surface area contributed by atoms with Gasteiger partial charge in [-0.25, -0.2) is 0 Å². The Morgan fingerprint density at radius 2 is 1.81 bits per heavy atom. The number of carbonyl (C=O) groups is 2. The topological polar surface area (TPSA) is 128 Å². The molecule has 0 radical (unpaired) electrons. The fourth-order valence-corrected chi connectivity index (χ4v) is 11.2. The summed E-state index contributed by atoms with van der Waals surface area (Å²) >= 11 is 1.24. The summed E-state index contributed by atoms with van der Waals surface area (Å²) in [5, 5.41) is 31.2. The predicted octanol–water partition coefficient (Wildman–Crippen LogP) is 4.49. The van der Waals surface area contributed by atoms with Gasteiger partial charge in [0.05, 0.1) is 13.7 Å². The number of ketones is 2. The molecule has 59 heavy (non-hydrogen) atoms. The number of Topliss-reactive ketones (excluding diaryl/α,β-unsaturated/α-hetero) is 2. The molecular weight excluding hydrogens is 754 g/mol. The zero-order valence-corrected chi connectivity index (χ0v) is 35.3. The molecule has 0 amide bonds. The Kier molecular flexibility index (Phi) is 11.5. The molecule has 0 unspecified atom stereocenters. The van der Waals surface area contributed by atoms with Crippen molar-refractivity contribution in [2.45, 2.75) is 88.4 Å². The minimum absolute atomic E-state index is 0.0433. The Balaban J connectivity index is 1.32. The van der Waals surface area contributed by atoms with Crippen LogP contribution in [0.4, 0.5) is 0 Å². The van der Waals surface area contributed by atoms with Crippen LogP contribution < -0.4 is 14.2 Å². The maximum atomic E-state index is 15.4. The van der Waals surface area contributed by atoms with Gasteiger partial charge in [0, 0.05) is 0 Å². The molecule has 2 N–H and O–H groups in total. The van der Waals surface area contributed by atoms with E-state index < -0.39 is 34.6 Å². The van der Waals surface area contributed by atoms with Crippen LogP contribution in [0.3, 0.4) is 0 Å². The summed E-state index contributed by atoms with van der Waals surface area (Å²) in [7, 11) is 6.83. The number of aliphatic hydroxyl groups is 2. The van der Waals surface area contributed by atoms with Gasteiger partial charge in [-0.1, -0.05) is 38.8 Å². The number of aliphatic hydroxyl groups excluding tert-OH is 1. The van der Waals surface area contributed by atoms with Crippen LogP contribution in [0.25, 0.3) is 10.8 Å². The normalized spacial score (nSPS) is 23.6. The molecule has 8 rings (SSSR count). The van der Waals surface area contributed by atoms with Gasteiger partial charge in [-0.2, -0.15) is 0 Å². The minimum atomic E-state index is -2.55. The molecule has 9 nitrogen and oxygen atoms in total.